The number of ether oxygens (including phenoxy) is 1. The fourth-order valence-corrected chi connectivity index (χ4v) is 4.26. The second kappa shape index (κ2) is 8.88. The molecule has 1 saturated carbocycles. The Morgan fingerprint density at radius 2 is 2.03 bits per heavy atom. The van der Waals surface area contributed by atoms with Gasteiger partial charge in [-0.15, -0.1) is 0 Å². The van der Waals surface area contributed by atoms with Gasteiger partial charge in [0.2, 0.25) is 0 Å². The molecule has 1 aromatic carbocycles. The van der Waals surface area contributed by atoms with E-state index in [0.717, 1.165) is 62.3 Å². The number of aromatic nitrogens is 1. The number of hydrogen-bond donors (Lipinski definition) is 2. The molecular formula is C24H29N5O3. The molecule has 2 aromatic rings. The third kappa shape index (κ3) is 4.61. The van der Waals surface area contributed by atoms with Crippen molar-refractivity contribution in [2.75, 3.05) is 44.2 Å². The highest BCUT2D eigenvalue weighted by Crippen LogP contribution is 2.28. The van der Waals surface area contributed by atoms with Crippen molar-refractivity contribution in [2.24, 2.45) is 0 Å². The summed E-state index contributed by atoms with van der Waals surface area (Å²) in [6, 6.07) is 9.85. The lowest BCUT2D eigenvalue weighted by atomic mass is 9.99. The molecule has 32 heavy (non-hydrogen) atoms. The second-order valence-electron chi connectivity index (χ2n) is 8.85. The van der Waals surface area contributed by atoms with Gasteiger partial charge in [-0.05, 0) is 55.2 Å². The molecule has 1 aliphatic carbocycles. The average Bonchev–Trinajstić information content (AvgIpc) is 3.55. The van der Waals surface area contributed by atoms with Crippen LogP contribution >= 0.6 is 0 Å². The first-order valence-corrected chi connectivity index (χ1v) is 11.4. The van der Waals surface area contributed by atoms with Crippen LogP contribution in [0.2, 0.25) is 0 Å². The van der Waals surface area contributed by atoms with Crippen molar-refractivity contribution in [1.29, 1.82) is 0 Å². The van der Waals surface area contributed by atoms with Crippen LogP contribution < -0.4 is 15.5 Å². The highest BCUT2D eigenvalue weighted by molar-refractivity contribution is 5.96. The SMILES string of the molecule is Cc1ccc(C(=O)NC2CC2)cc1-c1ccc(N2C[C@@H](CN3CCNCC3)OC2=O)nc1. The number of rotatable bonds is 6. The molecule has 8 nitrogen and oxygen atoms in total. The number of piperazine rings is 1. The van der Waals surface area contributed by atoms with Crippen LogP contribution in [0.3, 0.4) is 0 Å². The molecule has 0 bridgehead atoms. The molecule has 3 fully saturated rings. The van der Waals surface area contributed by atoms with Crippen molar-refractivity contribution in [3.63, 3.8) is 0 Å². The Morgan fingerprint density at radius 1 is 1.22 bits per heavy atom. The molecule has 3 heterocycles. The summed E-state index contributed by atoms with van der Waals surface area (Å²) in [6.45, 7) is 7.15. The molecule has 2 aliphatic heterocycles. The number of hydrogen-bond acceptors (Lipinski definition) is 6. The summed E-state index contributed by atoms with van der Waals surface area (Å²) in [6.07, 6.45) is 3.39. The fourth-order valence-electron chi connectivity index (χ4n) is 4.26. The quantitative estimate of drug-likeness (QED) is 0.723. The van der Waals surface area contributed by atoms with Gasteiger partial charge in [0.25, 0.3) is 5.91 Å². The molecule has 8 heteroatoms. The minimum Gasteiger partial charge on any atom is -0.443 e. The molecule has 0 radical (unpaired) electrons. The molecule has 3 aliphatic rings. The Bertz CT molecular complexity index is 999. The predicted octanol–water partition coefficient (Wildman–Crippen LogP) is 2.18. The summed E-state index contributed by atoms with van der Waals surface area (Å²) in [7, 11) is 0. The van der Waals surface area contributed by atoms with Crippen LogP contribution in [0.5, 0.6) is 0 Å². The maximum atomic E-state index is 12.4. The van der Waals surface area contributed by atoms with E-state index in [-0.39, 0.29) is 18.1 Å². The fraction of sp³-hybridized carbons (Fsp3) is 0.458. The molecule has 2 saturated heterocycles. The third-order valence-corrected chi connectivity index (χ3v) is 6.29. The Labute approximate surface area is 187 Å². The third-order valence-electron chi connectivity index (χ3n) is 6.29. The standard InChI is InChI=1S/C24H29N5O3/c1-16-2-3-17(23(30)27-19-5-6-19)12-21(16)18-4-7-22(26-13-18)29-15-20(32-24(29)31)14-28-10-8-25-9-11-28/h2-4,7,12-13,19-20,25H,5-6,8-11,14-15H2,1H3,(H,27,30)/t20-/m1/s1. The van der Waals surface area contributed by atoms with E-state index < -0.39 is 0 Å². The van der Waals surface area contributed by atoms with E-state index in [0.29, 0.717) is 24.0 Å². The Kier molecular flexibility index (Phi) is 5.80. The molecule has 168 valence electrons. The summed E-state index contributed by atoms with van der Waals surface area (Å²) < 4.78 is 5.58. The molecule has 0 unspecified atom stereocenters. The summed E-state index contributed by atoms with van der Waals surface area (Å²) in [5.74, 6) is 0.551. The van der Waals surface area contributed by atoms with E-state index in [1.807, 2.05) is 37.3 Å². The molecule has 2 N–H and O–H groups in total. The number of carbonyl (C=O) groups excluding carboxylic acids is 2. The van der Waals surface area contributed by atoms with Crippen LogP contribution in [0.1, 0.15) is 28.8 Å². The number of nitrogens with one attached hydrogen (secondary N) is 2. The number of cyclic esters (lactones) is 1. The van der Waals surface area contributed by atoms with Crippen molar-refractivity contribution in [3.05, 3.63) is 47.7 Å². The topological polar surface area (TPSA) is 86.8 Å². The van der Waals surface area contributed by atoms with Crippen molar-refractivity contribution in [1.82, 2.24) is 20.5 Å². The summed E-state index contributed by atoms with van der Waals surface area (Å²) in [4.78, 5) is 33.3. The number of nitrogens with zero attached hydrogens (tertiary/aromatic N) is 3. The Morgan fingerprint density at radius 3 is 2.75 bits per heavy atom. The van der Waals surface area contributed by atoms with E-state index in [1.165, 1.54) is 0 Å². The van der Waals surface area contributed by atoms with Crippen LogP contribution in [0, 0.1) is 6.92 Å². The van der Waals surface area contributed by atoms with Crippen molar-refractivity contribution >= 4 is 17.8 Å². The first-order chi connectivity index (χ1) is 15.6. The van der Waals surface area contributed by atoms with Gasteiger partial charge in [0.15, 0.2) is 0 Å². The van der Waals surface area contributed by atoms with Gasteiger partial charge in [-0.3, -0.25) is 14.6 Å². The molecule has 5 rings (SSSR count). The summed E-state index contributed by atoms with van der Waals surface area (Å²) >= 11 is 0. The minimum absolute atomic E-state index is 0.0336. The van der Waals surface area contributed by atoms with Crippen molar-refractivity contribution in [2.45, 2.75) is 31.9 Å². The number of benzene rings is 1. The smallest absolute Gasteiger partial charge is 0.415 e. The first-order valence-electron chi connectivity index (χ1n) is 11.4. The molecule has 0 spiro atoms. The van der Waals surface area contributed by atoms with E-state index in [1.54, 1.807) is 11.1 Å². The van der Waals surface area contributed by atoms with Crippen molar-refractivity contribution in [3.8, 4) is 11.1 Å². The second-order valence-corrected chi connectivity index (χ2v) is 8.85. The lowest BCUT2D eigenvalue weighted by Gasteiger charge is -2.28. The van der Waals surface area contributed by atoms with Gasteiger partial charge >= 0.3 is 6.09 Å². The van der Waals surface area contributed by atoms with Crippen LogP contribution in [0.4, 0.5) is 10.6 Å². The van der Waals surface area contributed by atoms with Gasteiger partial charge in [0, 0.05) is 56.1 Å². The van der Waals surface area contributed by atoms with E-state index in [4.69, 9.17) is 4.74 Å². The highest BCUT2D eigenvalue weighted by atomic mass is 16.6. The average molecular weight is 436 g/mol. The maximum absolute atomic E-state index is 12.4. The van der Waals surface area contributed by atoms with Crippen LogP contribution in [-0.2, 0) is 4.74 Å². The van der Waals surface area contributed by atoms with Crippen LogP contribution in [0.15, 0.2) is 36.5 Å². The largest absolute Gasteiger partial charge is 0.443 e. The zero-order valence-electron chi connectivity index (χ0n) is 18.3. The summed E-state index contributed by atoms with van der Waals surface area (Å²) in [5.41, 5.74) is 3.60. The zero-order valence-corrected chi connectivity index (χ0v) is 18.3. The number of aryl methyl sites for hydroxylation is 1. The lowest BCUT2D eigenvalue weighted by Crippen LogP contribution is -2.46. The predicted molar refractivity (Wildman–Crippen MR) is 122 cm³/mol. The molecular weight excluding hydrogens is 406 g/mol. The van der Waals surface area contributed by atoms with E-state index >= 15 is 0 Å². The Balaban J connectivity index is 1.28. The molecule has 2 amide bonds. The van der Waals surface area contributed by atoms with Crippen LogP contribution in [0.25, 0.3) is 11.1 Å². The zero-order chi connectivity index (χ0) is 22.1. The normalized spacial score (nSPS) is 21.5. The minimum atomic E-state index is -0.347. The van der Waals surface area contributed by atoms with Gasteiger partial charge in [0.05, 0.1) is 6.54 Å². The van der Waals surface area contributed by atoms with Gasteiger partial charge in [-0.1, -0.05) is 6.07 Å². The van der Waals surface area contributed by atoms with E-state index in [2.05, 4.69) is 20.5 Å². The van der Waals surface area contributed by atoms with Gasteiger partial charge in [0.1, 0.15) is 11.9 Å². The number of amides is 2. The first kappa shape index (κ1) is 20.9. The number of pyridine rings is 1. The lowest BCUT2D eigenvalue weighted by molar-refractivity contribution is 0.0950. The monoisotopic (exact) mass is 435 g/mol. The van der Waals surface area contributed by atoms with Crippen molar-refractivity contribution < 1.29 is 14.3 Å². The maximum Gasteiger partial charge on any atom is 0.415 e. The van der Waals surface area contributed by atoms with Gasteiger partial charge < -0.3 is 15.4 Å². The molecule has 1 aromatic heterocycles. The van der Waals surface area contributed by atoms with Gasteiger partial charge in [-0.25, -0.2) is 9.78 Å². The van der Waals surface area contributed by atoms with Gasteiger partial charge in [-0.2, -0.15) is 0 Å². The Hall–Kier alpha value is -2.97. The van der Waals surface area contributed by atoms with Crippen LogP contribution in [-0.4, -0.2) is 73.3 Å². The highest BCUT2D eigenvalue weighted by Gasteiger charge is 2.34. The number of anilines is 1. The summed E-state index contributed by atoms with van der Waals surface area (Å²) in [5, 5.41) is 6.37. The number of carbonyl (C=O) groups is 2. The van der Waals surface area contributed by atoms with E-state index in [9.17, 15) is 9.59 Å². The molecule has 1 atom stereocenters.